The quantitative estimate of drug-likeness (QED) is 0.342. The van der Waals surface area contributed by atoms with Crippen LogP contribution < -0.4 is 14.4 Å². The molecule has 0 amide bonds. The van der Waals surface area contributed by atoms with Crippen LogP contribution in [-0.4, -0.2) is 88.8 Å². The van der Waals surface area contributed by atoms with Crippen LogP contribution in [0.2, 0.25) is 0 Å². The molecule has 9 nitrogen and oxygen atoms in total. The highest BCUT2D eigenvalue weighted by Crippen LogP contribution is 2.45. The van der Waals surface area contributed by atoms with Gasteiger partial charge in [0.1, 0.15) is 52.9 Å². The molecule has 4 aliphatic heterocycles. The summed E-state index contributed by atoms with van der Waals surface area (Å²) in [5.74, 6) is 1.07. The van der Waals surface area contributed by atoms with Gasteiger partial charge in [-0.15, -0.1) is 6.42 Å². The van der Waals surface area contributed by atoms with Crippen molar-refractivity contribution >= 4 is 27.5 Å². The first-order valence-electron chi connectivity index (χ1n) is 14.6. The molecule has 4 aromatic rings. The minimum absolute atomic E-state index is 0.0644. The Morgan fingerprint density at radius 1 is 1.18 bits per heavy atom. The number of hydrogen-bond donors (Lipinski definition) is 1. The van der Waals surface area contributed by atoms with E-state index in [1.807, 2.05) is 11.9 Å². The van der Waals surface area contributed by atoms with Crippen LogP contribution in [0.1, 0.15) is 24.8 Å². The van der Waals surface area contributed by atoms with E-state index >= 15 is 4.39 Å². The number of aromatic hydroxyl groups is 1. The molecule has 2 aromatic heterocycles. The highest BCUT2D eigenvalue weighted by molar-refractivity contribution is 6.04. The van der Waals surface area contributed by atoms with E-state index in [0.29, 0.717) is 30.8 Å². The monoisotopic (exact) mass is 603 g/mol. The zero-order chi connectivity index (χ0) is 30.3. The van der Waals surface area contributed by atoms with Crippen molar-refractivity contribution in [1.82, 2.24) is 19.9 Å². The maximum atomic E-state index is 16.8. The lowest BCUT2D eigenvalue weighted by atomic mass is 9.95. The van der Waals surface area contributed by atoms with E-state index in [0.717, 1.165) is 19.4 Å². The second-order valence-electron chi connectivity index (χ2n) is 12.0. The molecule has 1 N–H and O–H groups in total. The van der Waals surface area contributed by atoms with E-state index in [1.165, 1.54) is 24.3 Å². The fourth-order valence-corrected chi connectivity index (χ4v) is 7.38. The van der Waals surface area contributed by atoms with Crippen molar-refractivity contribution in [3.63, 3.8) is 0 Å². The van der Waals surface area contributed by atoms with Crippen LogP contribution in [0.25, 0.3) is 32.9 Å². The predicted octanol–water partition coefficient (Wildman–Crippen LogP) is 4.36. The van der Waals surface area contributed by atoms with E-state index < -0.39 is 29.4 Å². The van der Waals surface area contributed by atoms with E-state index in [1.54, 1.807) is 0 Å². The predicted molar refractivity (Wildman–Crippen MR) is 156 cm³/mol. The molecule has 0 radical (unpaired) electrons. The molecule has 0 saturated carbocycles. The number of nitrogens with zero attached hydrogens (tertiary/aromatic N) is 5. The van der Waals surface area contributed by atoms with Crippen molar-refractivity contribution in [2.45, 2.75) is 43.1 Å². The molecule has 6 heterocycles. The van der Waals surface area contributed by atoms with Gasteiger partial charge in [-0.25, -0.2) is 18.2 Å². The number of ether oxygens (including phenoxy) is 3. The van der Waals surface area contributed by atoms with Crippen LogP contribution in [0.3, 0.4) is 0 Å². The summed E-state index contributed by atoms with van der Waals surface area (Å²) in [7, 11) is 1.81. The zero-order valence-electron chi connectivity index (χ0n) is 23.8. The third-order valence-corrected chi connectivity index (χ3v) is 9.49. The number of halogens is 3. The Morgan fingerprint density at radius 2 is 2.05 bits per heavy atom. The number of phenols is 1. The van der Waals surface area contributed by atoms with E-state index in [-0.39, 0.29) is 70.0 Å². The Hall–Kier alpha value is -4.34. The minimum Gasteiger partial charge on any atom is -0.508 e. The number of alkyl halides is 1. The number of phenolic OH excluding ortho intramolecular Hbond substituents is 1. The molecule has 44 heavy (non-hydrogen) atoms. The van der Waals surface area contributed by atoms with Crippen LogP contribution in [0.5, 0.6) is 17.6 Å². The number of anilines is 1. The number of aromatic nitrogens is 3. The lowest BCUT2D eigenvalue weighted by Crippen LogP contribution is -2.44. The SMILES string of the molecule is C#Cc1c(F)ccc2cc(O)cc(-c3nc4c5c(nc(OC[C@@]67CCCN6C[C@H](F)C7)nc5c3F)N(C)C3COCC3O4)c12. The summed E-state index contributed by atoms with van der Waals surface area (Å²) in [6, 6.07) is 5.04. The van der Waals surface area contributed by atoms with Crippen LogP contribution in [0.4, 0.5) is 19.0 Å². The Kier molecular flexibility index (Phi) is 6.09. The summed E-state index contributed by atoms with van der Waals surface area (Å²) >= 11 is 0. The molecule has 0 bridgehead atoms. The Balaban J connectivity index is 1.34. The average Bonchev–Trinajstić information content (AvgIpc) is 3.69. The lowest BCUT2D eigenvalue weighted by Gasteiger charge is -2.31. The summed E-state index contributed by atoms with van der Waals surface area (Å²) in [4.78, 5) is 17.8. The molecule has 0 aliphatic carbocycles. The Bertz CT molecular complexity index is 1900. The van der Waals surface area contributed by atoms with Gasteiger partial charge in [0, 0.05) is 31.0 Å². The highest BCUT2D eigenvalue weighted by atomic mass is 19.1. The van der Waals surface area contributed by atoms with Crippen molar-refractivity contribution in [3.8, 4) is 41.2 Å². The molecular weight excluding hydrogens is 575 g/mol. The average molecular weight is 604 g/mol. The van der Waals surface area contributed by atoms with Crippen molar-refractivity contribution in [3.05, 3.63) is 41.5 Å². The fourth-order valence-electron chi connectivity index (χ4n) is 7.38. The van der Waals surface area contributed by atoms with Crippen LogP contribution in [0.15, 0.2) is 24.3 Å². The Labute approximate surface area is 250 Å². The van der Waals surface area contributed by atoms with Gasteiger partial charge in [0.2, 0.25) is 5.88 Å². The summed E-state index contributed by atoms with van der Waals surface area (Å²) in [5.41, 5.74) is -0.836. The molecule has 2 aromatic carbocycles. The molecular formula is C32H28F3N5O4. The summed E-state index contributed by atoms with van der Waals surface area (Å²) in [6.45, 7) is 1.94. The zero-order valence-corrected chi connectivity index (χ0v) is 23.8. The molecule has 226 valence electrons. The standard InChI is InChI=1S/C32H28F3N5O4/c1-3-19-21(34)6-5-16-9-18(41)10-20(24(16)19)27-26(35)28-25-29(39(2)22-13-42-14-23(22)44-30(25)36-27)38-31(37-28)43-15-32-7-4-8-40(32)12-17(33)11-32/h1,5-6,9-10,17,22-23,41H,4,7-8,11-15H2,2H3/t17-,22?,23?,32+/m1/s1. The van der Waals surface area contributed by atoms with Gasteiger partial charge in [-0.1, -0.05) is 12.0 Å². The molecule has 2 unspecified atom stereocenters. The van der Waals surface area contributed by atoms with Gasteiger partial charge in [0.15, 0.2) is 5.82 Å². The topological polar surface area (TPSA) is 93.1 Å². The van der Waals surface area contributed by atoms with E-state index in [9.17, 15) is 13.9 Å². The van der Waals surface area contributed by atoms with Crippen molar-refractivity contribution in [1.29, 1.82) is 0 Å². The van der Waals surface area contributed by atoms with Crippen LogP contribution in [0, 0.1) is 24.0 Å². The van der Waals surface area contributed by atoms with Crippen molar-refractivity contribution in [2.75, 3.05) is 44.9 Å². The van der Waals surface area contributed by atoms with Gasteiger partial charge in [0.25, 0.3) is 0 Å². The molecule has 3 fully saturated rings. The third kappa shape index (κ3) is 3.99. The van der Waals surface area contributed by atoms with Gasteiger partial charge in [0.05, 0.1) is 30.4 Å². The van der Waals surface area contributed by atoms with Crippen LogP contribution >= 0.6 is 0 Å². The number of likely N-dealkylation sites (N-methyl/N-ethyl adjacent to an activating group) is 1. The number of rotatable bonds is 4. The van der Waals surface area contributed by atoms with Gasteiger partial charge < -0.3 is 24.2 Å². The van der Waals surface area contributed by atoms with Gasteiger partial charge in [-0.05, 0) is 43.0 Å². The number of benzene rings is 2. The second kappa shape index (κ2) is 9.84. The van der Waals surface area contributed by atoms with Crippen LogP contribution in [-0.2, 0) is 4.74 Å². The number of hydrogen-bond acceptors (Lipinski definition) is 9. The highest BCUT2D eigenvalue weighted by Gasteiger charge is 2.49. The molecule has 4 aliphatic rings. The van der Waals surface area contributed by atoms with E-state index in [4.69, 9.17) is 25.6 Å². The third-order valence-electron chi connectivity index (χ3n) is 9.49. The minimum atomic E-state index is -0.938. The smallest absolute Gasteiger partial charge is 0.319 e. The van der Waals surface area contributed by atoms with Crippen molar-refractivity contribution in [2.24, 2.45) is 0 Å². The Morgan fingerprint density at radius 3 is 2.89 bits per heavy atom. The molecule has 8 rings (SSSR count). The second-order valence-corrected chi connectivity index (χ2v) is 12.0. The normalized spacial score (nSPS) is 26.0. The molecule has 4 atom stereocenters. The van der Waals surface area contributed by atoms with Gasteiger partial charge >= 0.3 is 6.01 Å². The first-order chi connectivity index (χ1) is 21.3. The van der Waals surface area contributed by atoms with Crippen molar-refractivity contribution < 1.29 is 32.5 Å². The summed E-state index contributed by atoms with van der Waals surface area (Å²) in [5, 5.41) is 11.4. The van der Waals surface area contributed by atoms with Gasteiger partial charge in [-0.3, -0.25) is 4.90 Å². The van der Waals surface area contributed by atoms with E-state index in [2.05, 4.69) is 20.8 Å². The summed E-state index contributed by atoms with van der Waals surface area (Å²) in [6.07, 6.45) is 6.38. The number of fused-ring (bicyclic) bond motifs is 3. The maximum Gasteiger partial charge on any atom is 0.319 e. The molecule has 0 spiro atoms. The first kappa shape index (κ1) is 27.2. The molecule has 12 heteroatoms. The maximum absolute atomic E-state index is 16.8. The number of pyridine rings is 1. The van der Waals surface area contributed by atoms with Gasteiger partial charge in [-0.2, -0.15) is 9.97 Å². The number of terminal acetylenes is 1. The largest absolute Gasteiger partial charge is 0.508 e. The lowest BCUT2D eigenvalue weighted by molar-refractivity contribution is 0.107. The molecule has 3 saturated heterocycles. The fraction of sp³-hybridized carbons (Fsp3) is 0.406. The summed E-state index contributed by atoms with van der Waals surface area (Å²) < 4.78 is 64.3. The first-order valence-corrected chi connectivity index (χ1v) is 14.6.